The molecule has 182 valence electrons. The van der Waals surface area contributed by atoms with E-state index in [-0.39, 0.29) is 0 Å². The minimum Gasteiger partial charge on any atom is -0.454 e. The molecule has 0 N–H and O–H groups in total. The molecule has 4 aromatic carbocycles. The maximum atomic E-state index is 6.33. The van der Waals surface area contributed by atoms with E-state index >= 15 is 0 Å². The van der Waals surface area contributed by atoms with Gasteiger partial charge in [-0.15, -0.1) is 11.3 Å². The van der Waals surface area contributed by atoms with Crippen molar-refractivity contribution in [2.45, 2.75) is 0 Å². The Labute approximate surface area is 225 Å². The van der Waals surface area contributed by atoms with Crippen molar-refractivity contribution < 1.29 is 8.83 Å². The molecule has 0 amide bonds. The van der Waals surface area contributed by atoms with Crippen molar-refractivity contribution in [1.82, 2.24) is 9.97 Å². The Bertz CT molecular complexity index is 2410. The lowest BCUT2D eigenvalue weighted by Crippen LogP contribution is -1.82. The summed E-state index contributed by atoms with van der Waals surface area (Å²) in [6.07, 6.45) is 3.75. The van der Waals surface area contributed by atoms with Crippen molar-refractivity contribution in [2.24, 2.45) is 0 Å². The van der Waals surface area contributed by atoms with Crippen LogP contribution in [0.3, 0.4) is 0 Å². The van der Waals surface area contributed by atoms with Crippen LogP contribution in [0.1, 0.15) is 0 Å². The zero-order chi connectivity index (χ0) is 25.5. The molecule has 0 aliphatic carbocycles. The second-order valence-corrected chi connectivity index (χ2v) is 10.8. The number of benzene rings is 4. The van der Waals surface area contributed by atoms with Crippen molar-refractivity contribution in [3.63, 3.8) is 0 Å². The predicted octanol–water partition coefficient (Wildman–Crippen LogP) is 9.98. The molecule has 5 aromatic heterocycles. The summed E-state index contributed by atoms with van der Waals surface area (Å²) >= 11 is 1.81. The van der Waals surface area contributed by atoms with Gasteiger partial charge in [0.15, 0.2) is 11.2 Å². The van der Waals surface area contributed by atoms with E-state index in [0.29, 0.717) is 0 Å². The predicted molar refractivity (Wildman–Crippen MR) is 160 cm³/mol. The van der Waals surface area contributed by atoms with Crippen LogP contribution in [0.5, 0.6) is 0 Å². The fourth-order valence-corrected chi connectivity index (χ4v) is 7.04. The third kappa shape index (κ3) is 2.93. The van der Waals surface area contributed by atoms with Gasteiger partial charge in [0.05, 0.1) is 0 Å². The smallest absolute Gasteiger partial charge is 0.161 e. The Hall–Kier alpha value is -5.00. The van der Waals surface area contributed by atoms with E-state index in [4.69, 9.17) is 8.83 Å². The lowest BCUT2D eigenvalue weighted by atomic mass is 10.00. The van der Waals surface area contributed by atoms with Crippen molar-refractivity contribution in [2.75, 3.05) is 0 Å². The van der Waals surface area contributed by atoms with E-state index in [9.17, 15) is 0 Å². The van der Waals surface area contributed by atoms with Crippen LogP contribution in [0.15, 0.2) is 118 Å². The van der Waals surface area contributed by atoms with Gasteiger partial charge in [-0.1, -0.05) is 48.5 Å². The Morgan fingerprint density at radius 3 is 1.90 bits per heavy atom. The molecule has 0 spiro atoms. The average molecular weight is 519 g/mol. The number of thiophene rings is 1. The van der Waals surface area contributed by atoms with E-state index in [2.05, 4.69) is 64.6 Å². The number of hydrogen-bond acceptors (Lipinski definition) is 5. The van der Waals surface area contributed by atoms with Crippen molar-refractivity contribution in [1.29, 1.82) is 0 Å². The van der Waals surface area contributed by atoms with Crippen molar-refractivity contribution in [3.8, 4) is 22.3 Å². The minimum atomic E-state index is 0.822. The van der Waals surface area contributed by atoms with Gasteiger partial charge in [-0.2, -0.15) is 0 Å². The van der Waals surface area contributed by atoms with E-state index < -0.39 is 0 Å². The highest BCUT2D eigenvalue weighted by atomic mass is 32.1. The van der Waals surface area contributed by atoms with Gasteiger partial charge in [-0.3, -0.25) is 9.97 Å². The quantitative estimate of drug-likeness (QED) is 0.228. The van der Waals surface area contributed by atoms with E-state index in [1.54, 1.807) is 0 Å². The van der Waals surface area contributed by atoms with Crippen LogP contribution < -0.4 is 0 Å². The molecule has 39 heavy (non-hydrogen) atoms. The number of pyridine rings is 2. The van der Waals surface area contributed by atoms with Crippen molar-refractivity contribution in [3.05, 3.63) is 109 Å². The SMILES string of the molecule is c1ccc2c(c1)oc1c(-c3ccc4sc5c(-c6ccnc7c6oc6ccccc67)cccc5c4c3)ccnc12. The average Bonchev–Trinajstić information content (AvgIpc) is 3.68. The molecular weight excluding hydrogens is 500 g/mol. The Balaban J connectivity index is 1.28. The maximum Gasteiger partial charge on any atom is 0.161 e. The van der Waals surface area contributed by atoms with Gasteiger partial charge in [0, 0.05) is 60.0 Å². The normalized spacial score (nSPS) is 12.1. The van der Waals surface area contributed by atoms with E-state index in [0.717, 1.165) is 66.4 Å². The molecule has 0 aliphatic heterocycles. The summed E-state index contributed by atoms with van der Waals surface area (Å²) < 4.78 is 15.1. The third-order valence-corrected chi connectivity index (χ3v) is 8.84. The minimum absolute atomic E-state index is 0.822. The second kappa shape index (κ2) is 7.76. The van der Waals surface area contributed by atoms with Crippen LogP contribution in [0.4, 0.5) is 0 Å². The fraction of sp³-hybridized carbons (Fsp3) is 0. The summed E-state index contributed by atoms with van der Waals surface area (Å²) in [4.78, 5) is 9.30. The number of aromatic nitrogens is 2. The summed E-state index contributed by atoms with van der Waals surface area (Å²) in [5, 5.41) is 4.53. The highest BCUT2D eigenvalue weighted by molar-refractivity contribution is 7.26. The first-order chi connectivity index (χ1) is 19.3. The highest BCUT2D eigenvalue weighted by Crippen LogP contribution is 2.44. The van der Waals surface area contributed by atoms with Crippen LogP contribution in [0, 0.1) is 0 Å². The monoisotopic (exact) mass is 518 g/mol. The topological polar surface area (TPSA) is 52.1 Å². The van der Waals surface area contributed by atoms with Crippen LogP contribution in [-0.4, -0.2) is 9.97 Å². The molecule has 4 nitrogen and oxygen atoms in total. The summed E-state index contributed by atoms with van der Waals surface area (Å²) in [5.41, 5.74) is 9.54. The number of fused-ring (bicyclic) bond motifs is 9. The molecule has 5 heteroatoms. The first-order valence-electron chi connectivity index (χ1n) is 12.8. The van der Waals surface area contributed by atoms with Gasteiger partial charge in [0.25, 0.3) is 0 Å². The van der Waals surface area contributed by atoms with Gasteiger partial charge in [-0.25, -0.2) is 0 Å². The fourth-order valence-electron chi connectivity index (χ4n) is 5.83. The molecule has 0 atom stereocenters. The largest absolute Gasteiger partial charge is 0.454 e. The van der Waals surface area contributed by atoms with E-state index in [1.807, 2.05) is 66.2 Å². The first-order valence-corrected chi connectivity index (χ1v) is 13.6. The third-order valence-electron chi connectivity index (χ3n) is 7.62. The maximum absolute atomic E-state index is 6.33. The molecule has 0 aliphatic rings. The van der Waals surface area contributed by atoms with Crippen LogP contribution in [0.2, 0.25) is 0 Å². The molecular formula is C34H18N2O2S. The number of nitrogens with zero attached hydrogens (tertiary/aromatic N) is 2. The summed E-state index contributed by atoms with van der Waals surface area (Å²) in [5.74, 6) is 0. The summed E-state index contributed by atoms with van der Waals surface area (Å²) in [6, 6.07) is 33.5. The molecule has 9 rings (SSSR count). The molecule has 9 aromatic rings. The van der Waals surface area contributed by atoms with Gasteiger partial charge in [0.1, 0.15) is 22.2 Å². The molecule has 5 heterocycles. The van der Waals surface area contributed by atoms with Gasteiger partial charge in [-0.05, 0) is 54.1 Å². The van der Waals surface area contributed by atoms with Gasteiger partial charge < -0.3 is 8.83 Å². The molecule has 0 saturated carbocycles. The van der Waals surface area contributed by atoms with Crippen LogP contribution in [-0.2, 0) is 0 Å². The molecule has 0 fully saturated rings. The summed E-state index contributed by atoms with van der Waals surface area (Å²) in [6.45, 7) is 0. The molecule has 0 saturated heterocycles. The zero-order valence-corrected chi connectivity index (χ0v) is 21.3. The highest BCUT2D eigenvalue weighted by Gasteiger charge is 2.18. The number of furan rings is 2. The Morgan fingerprint density at radius 2 is 1.15 bits per heavy atom. The lowest BCUT2D eigenvalue weighted by Gasteiger charge is -2.05. The zero-order valence-electron chi connectivity index (χ0n) is 20.5. The van der Waals surface area contributed by atoms with Gasteiger partial charge in [0.2, 0.25) is 0 Å². The Morgan fingerprint density at radius 1 is 0.513 bits per heavy atom. The summed E-state index contributed by atoms with van der Waals surface area (Å²) in [7, 11) is 0. The second-order valence-electron chi connectivity index (χ2n) is 9.76. The van der Waals surface area contributed by atoms with E-state index in [1.165, 1.54) is 20.2 Å². The number of hydrogen-bond donors (Lipinski definition) is 0. The lowest BCUT2D eigenvalue weighted by molar-refractivity contribution is 0.669. The van der Waals surface area contributed by atoms with Crippen molar-refractivity contribution >= 4 is 75.6 Å². The first kappa shape index (κ1) is 21.0. The van der Waals surface area contributed by atoms with Gasteiger partial charge >= 0.3 is 0 Å². The number of para-hydroxylation sites is 2. The molecule has 0 unspecified atom stereocenters. The number of rotatable bonds is 2. The molecule has 0 bridgehead atoms. The van der Waals surface area contributed by atoms with Crippen LogP contribution >= 0.6 is 11.3 Å². The van der Waals surface area contributed by atoms with Crippen LogP contribution in [0.25, 0.3) is 86.6 Å². The molecule has 0 radical (unpaired) electrons. The Kier molecular flexibility index (Phi) is 4.18. The standard InChI is InChI=1S/C34H18N2O2S/c1-3-10-27-24(6-1)30-32(37-27)20(14-16-35-30)19-12-13-29-26(18-19)23-9-5-8-22(34(23)39-29)21-15-17-36-31-25-7-2-4-11-28(25)38-33(21)31/h1-18H.